The highest BCUT2D eigenvalue weighted by atomic mass is 19.4. The van der Waals surface area contributed by atoms with Crippen molar-refractivity contribution in [2.75, 3.05) is 6.54 Å². The monoisotopic (exact) mass is 378 g/mol. The SMILES string of the molecule is O=C(NCCc1ccc(OC(F)(F)F)cc1)c1cnccc1C(F)(F)F. The number of halogens is 6. The number of aromatic nitrogens is 1. The Hall–Kier alpha value is -2.78. The number of nitrogens with one attached hydrogen (secondary N) is 1. The van der Waals surface area contributed by atoms with Gasteiger partial charge in [-0.15, -0.1) is 13.2 Å². The Balaban J connectivity index is 1.93. The van der Waals surface area contributed by atoms with E-state index in [-0.39, 0.29) is 13.0 Å². The Labute approximate surface area is 143 Å². The Morgan fingerprint density at radius 2 is 1.69 bits per heavy atom. The molecular weight excluding hydrogens is 366 g/mol. The molecule has 0 saturated heterocycles. The lowest BCUT2D eigenvalue weighted by Crippen LogP contribution is -2.28. The minimum absolute atomic E-state index is 0.00943. The molecule has 1 heterocycles. The number of hydrogen-bond donors (Lipinski definition) is 1. The van der Waals surface area contributed by atoms with Crippen molar-refractivity contribution in [1.82, 2.24) is 10.3 Å². The lowest BCUT2D eigenvalue weighted by molar-refractivity contribution is -0.274. The van der Waals surface area contributed by atoms with Crippen LogP contribution in [0.3, 0.4) is 0 Å². The van der Waals surface area contributed by atoms with Gasteiger partial charge in [-0.05, 0) is 30.2 Å². The fourth-order valence-corrected chi connectivity index (χ4v) is 2.10. The lowest BCUT2D eigenvalue weighted by Gasteiger charge is -2.12. The van der Waals surface area contributed by atoms with E-state index >= 15 is 0 Å². The van der Waals surface area contributed by atoms with Gasteiger partial charge in [0.05, 0.1) is 11.1 Å². The summed E-state index contributed by atoms with van der Waals surface area (Å²) < 4.78 is 78.4. The van der Waals surface area contributed by atoms with Crippen LogP contribution in [0.5, 0.6) is 5.75 Å². The quantitative estimate of drug-likeness (QED) is 0.801. The molecule has 26 heavy (non-hydrogen) atoms. The van der Waals surface area contributed by atoms with Gasteiger partial charge in [0.25, 0.3) is 5.91 Å². The maximum absolute atomic E-state index is 12.9. The van der Waals surface area contributed by atoms with Crippen molar-refractivity contribution in [2.24, 2.45) is 0 Å². The second-order valence-corrected chi connectivity index (χ2v) is 5.12. The molecule has 0 spiro atoms. The molecule has 1 aromatic carbocycles. The van der Waals surface area contributed by atoms with Gasteiger partial charge in [-0.1, -0.05) is 12.1 Å². The molecule has 140 valence electrons. The van der Waals surface area contributed by atoms with E-state index in [0.717, 1.165) is 24.5 Å². The number of benzene rings is 1. The van der Waals surface area contributed by atoms with Crippen LogP contribution in [0.15, 0.2) is 42.7 Å². The maximum Gasteiger partial charge on any atom is 0.573 e. The summed E-state index contributed by atoms with van der Waals surface area (Å²) in [5.41, 5.74) is -1.13. The van der Waals surface area contributed by atoms with Crippen LogP contribution in [0.25, 0.3) is 0 Å². The molecule has 1 N–H and O–H groups in total. The van der Waals surface area contributed by atoms with E-state index in [4.69, 9.17) is 0 Å². The molecule has 2 rings (SSSR count). The second-order valence-electron chi connectivity index (χ2n) is 5.12. The summed E-state index contributed by atoms with van der Waals surface area (Å²) in [4.78, 5) is 15.4. The van der Waals surface area contributed by atoms with E-state index in [1.807, 2.05) is 0 Å². The molecule has 0 unspecified atom stereocenters. The van der Waals surface area contributed by atoms with Crippen molar-refractivity contribution in [3.8, 4) is 5.75 Å². The van der Waals surface area contributed by atoms with Crippen LogP contribution >= 0.6 is 0 Å². The molecule has 0 radical (unpaired) electrons. The fraction of sp³-hybridized carbons (Fsp3) is 0.250. The topological polar surface area (TPSA) is 51.2 Å². The summed E-state index contributed by atoms with van der Waals surface area (Å²) in [7, 11) is 0. The molecule has 1 amide bonds. The first kappa shape index (κ1) is 19.5. The van der Waals surface area contributed by atoms with Crippen molar-refractivity contribution >= 4 is 5.91 Å². The number of rotatable bonds is 5. The van der Waals surface area contributed by atoms with Gasteiger partial charge in [0.2, 0.25) is 0 Å². The van der Waals surface area contributed by atoms with Crippen LogP contribution in [-0.2, 0) is 12.6 Å². The highest BCUT2D eigenvalue weighted by Gasteiger charge is 2.35. The third-order valence-corrected chi connectivity index (χ3v) is 3.23. The van der Waals surface area contributed by atoms with Crippen LogP contribution in [0.4, 0.5) is 26.3 Å². The first-order valence-corrected chi connectivity index (χ1v) is 7.20. The molecule has 0 aliphatic rings. The van der Waals surface area contributed by atoms with Crippen molar-refractivity contribution in [3.05, 3.63) is 59.4 Å². The highest BCUT2D eigenvalue weighted by Crippen LogP contribution is 2.31. The molecule has 0 aliphatic heterocycles. The Kier molecular flexibility index (Phi) is 5.73. The molecule has 10 heteroatoms. The van der Waals surface area contributed by atoms with Crippen molar-refractivity contribution in [2.45, 2.75) is 19.0 Å². The van der Waals surface area contributed by atoms with Crippen LogP contribution in [0.2, 0.25) is 0 Å². The van der Waals surface area contributed by atoms with Gasteiger partial charge in [-0.2, -0.15) is 13.2 Å². The van der Waals surface area contributed by atoms with Crippen molar-refractivity contribution in [3.63, 3.8) is 0 Å². The predicted molar refractivity (Wildman–Crippen MR) is 78.4 cm³/mol. The van der Waals surface area contributed by atoms with Crippen LogP contribution < -0.4 is 10.1 Å². The zero-order valence-corrected chi connectivity index (χ0v) is 13.0. The largest absolute Gasteiger partial charge is 0.573 e. The van der Waals surface area contributed by atoms with Gasteiger partial charge < -0.3 is 10.1 Å². The molecule has 0 atom stereocenters. The molecule has 4 nitrogen and oxygen atoms in total. The van der Waals surface area contributed by atoms with E-state index in [9.17, 15) is 31.1 Å². The van der Waals surface area contributed by atoms with E-state index in [1.54, 1.807) is 0 Å². The first-order chi connectivity index (χ1) is 12.1. The fourth-order valence-electron chi connectivity index (χ4n) is 2.10. The minimum Gasteiger partial charge on any atom is -0.406 e. The zero-order chi connectivity index (χ0) is 19.4. The van der Waals surface area contributed by atoms with Crippen molar-refractivity contribution in [1.29, 1.82) is 0 Å². The van der Waals surface area contributed by atoms with Gasteiger partial charge in [-0.3, -0.25) is 9.78 Å². The average Bonchev–Trinajstić information content (AvgIpc) is 2.54. The Bertz CT molecular complexity index is 757. The molecule has 0 fully saturated rings. The predicted octanol–water partition coefficient (Wildman–Crippen LogP) is 3.97. The van der Waals surface area contributed by atoms with E-state index in [0.29, 0.717) is 11.6 Å². The highest BCUT2D eigenvalue weighted by molar-refractivity contribution is 5.95. The molecule has 1 aromatic heterocycles. The van der Waals surface area contributed by atoms with Crippen molar-refractivity contribution < 1.29 is 35.9 Å². The summed E-state index contributed by atoms with van der Waals surface area (Å²) in [5, 5.41) is 2.32. The van der Waals surface area contributed by atoms with Gasteiger partial charge >= 0.3 is 12.5 Å². The number of carbonyl (C=O) groups excluding carboxylic acids is 1. The maximum atomic E-state index is 12.9. The van der Waals surface area contributed by atoms with E-state index in [1.165, 1.54) is 12.1 Å². The number of pyridine rings is 1. The third-order valence-electron chi connectivity index (χ3n) is 3.23. The molecular formula is C16H12F6N2O2. The number of amides is 1. The van der Waals surface area contributed by atoms with Gasteiger partial charge in [0.1, 0.15) is 5.75 Å². The summed E-state index contributed by atoms with van der Waals surface area (Å²) >= 11 is 0. The molecule has 0 saturated carbocycles. The van der Waals surface area contributed by atoms with Gasteiger partial charge in [0, 0.05) is 18.9 Å². The number of hydrogen-bond acceptors (Lipinski definition) is 3. The van der Waals surface area contributed by atoms with Crippen LogP contribution in [-0.4, -0.2) is 23.8 Å². The third kappa shape index (κ3) is 5.64. The van der Waals surface area contributed by atoms with E-state index in [2.05, 4.69) is 15.0 Å². The summed E-state index contributed by atoms with van der Waals surface area (Å²) in [6.45, 7) is -0.00943. The standard InChI is InChI=1S/C16H12F6N2O2/c17-15(18,19)13-6-7-23-9-12(13)14(25)24-8-5-10-1-3-11(4-2-10)26-16(20,21)22/h1-4,6-7,9H,5,8H2,(H,24,25). The molecule has 0 bridgehead atoms. The number of alkyl halides is 6. The normalized spacial score (nSPS) is 11.9. The van der Waals surface area contributed by atoms with Gasteiger partial charge in [0.15, 0.2) is 0 Å². The van der Waals surface area contributed by atoms with Crippen LogP contribution in [0.1, 0.15) is 21.5 Å². The Morgan fingerprint density at radius 1 is 1.04 bits per heavy atom. The number of carbonyl (C=O) groups is 1. The van der Waals surface area contributed by atoms with Crippen LogP contribution in [0, 0.1) is 0 Å². The lowest BCUT2D eigenvalue weighted by atomic mass is 10.1. The number of ether oxygens (including phenoxy) is 1. The summed E-state index contributed by atoms with van der Waals surface area (Å²) in [6.07, 6.45) is -7.52. The first-order valence-electron chi connectivity index (χ1n) is 7.20. The smallest absolute Gasteiger partial charge is 0.406 e. The van der Waals surface area contributed by atoms with E-state index < -0.39 is 35.3 Å². The van der Waals surface area contributed by atoms with Gasteiger partial charge in [-0.25, -0.2) is 0 Å². The zero-order valence-electron chi connectivity index (χ0n) is 13.0. The number of nitrogens with zero attached hydrogens (tertiary/aromatic N) is 1. The second kappa shape index (κ2) is 7.63. The Morgan fingerprint density at radius 3 is 2.27 bits per heavy atom. The summed E-state index contributed by atoms with van der Waals surface area (Å²) in [6, 6.07) is 5.63. The average molecular weight is 378 g/mol. The molecule has 0 aliphatic carbocycles. The summed E-state index contributed by atoms with van der Waals surface area (Å²) in [5.74, 6) is -1.34. The minimum atomic E-state index is -4.80. The molecule has 2 aromatic rings.